The molecule has 0 spiro atoms. The van der Waals surface area contributed by atoms with Crippen molar-refractivity contribution in [3.8, 4) is 0 Å². The van der Waals surface area contributed by atoms with Crippen LogP contribution in [-0.4, -0.2) is 49.7 Å². The number of pyridine rings is 1. The Morgan fingerprint density at radius 3 is 2.96 bits per heavy atom. The van der Waals surface area contributed by atoms with Gasteiger partial charge in [-0.2, -0.15) is 0 Å². The monoisotopic (exact) mass is 517 g/mol. The van der Waals surface area contributed by atoms with Gasteiger partial charge in [0, 0.05) is 59.7 Å². The van der Waals surface area contributed by atoms with Crippen molar-refractivity contribution >= 4 is 46.4 Å². The summed E-state index contributed by atoms with van der Waals surface area (Å²) < 4.78 is 14.2. The molecule has 1 aliphatic carbocycles. The summed E-state index contributed by atoms with van der Waals surface area (Å²) in [4.78, 5) is 9.36. The molecule has 2 heterocycles. The molecule has 8 heteroatoms. The number of nitrogens with one attached hydrogen (secondary N) is 2. The normalized spacial score (nSPS) is 21.1. The molecule has 2 aromatic rings. The first kappa shape index (κ1) is 23.1. The molecular weight excluding hydrogens is 485 g/mol. The van der Waals surface area contributed by atoms with E-state index in [-0.39, 0.29) is 24.0 Å². The average molecular weight is 517 g/mol. The molecule has 0 bridgehead atoms. The van der Waals surface area contributed by atoms with Crippen molar-refractivity contribution in [1.29, 1.82) is 0 Å². The highest BCUT2D eigenvalue weighted by Crippen LogP contribution is 2.23. The quantitative estimate of drug-likeness (QED) is 0.337. The summed E-state index contributed by atoms with van der Waals surface area (Å²) in [6.07, 6.45) is 9.20. The third-order valence-electron chi connectivity index (χ3n) is 5.02. The van der Waals surface area contributed by atoms with E-state index >= 15 is 0 Å². The van der Waals surface area contributed by atoms with Crippen molar-refractivity contribution in [3.63, 3.8) is 0 Å². The van der Waals surface area contributed by atoms with Gasteiger partial charge in [-0.1, -0.05) is 19.4 Å². The maximum absolute atomic E-state index is 12.2. The van der Waals surface area contributed by atoms with Crippen molar-refractivity contribution in [2.45, 2.75) is 57.2 Å². The molecular formula is C20H32IN5OS. The highest BCUT2D eigenvalue weighted by Gasteiger charge is 2.26. The first-order valence-corrected chi connectivity index (χ1v) is 11.4. The van der Waals surface area contributed by atoms with Crippen molar-refractivity contribution in [3.05, 3.63) is 36.3 Å². The second-order valence-corrected chi connectivity index (χ2v) is 9.01. The number of aromatic nitrogens is 2. The summed E-state index contributed by atoms with van der Waals surface area (Å²) in [6, 6.07) is 6.37. The van der Waals surface area contributed by atoms with E-state index in [9.17, 15) is 4.21 Å². The zero-order valence-corrected chi connectivity index (χ0v) is 19.9. The highest BCUT2D eigenvalue weighted by molar-refractivity contribution is 14.0. The van der Waals surface area contributed by atoms with Gasteiger partial charge in [-0.25, -0.2) is 4.98 Å². The van der Waals surface area contributed by atoms with Gasteiger partial charge in [0.05, 0.1) is 5.69 Å². The fourth-order valence-electron chi connectivity index (χ4n) is 3.65. The minimum atomic E-state index is -0.702. The molecule has 1 saturated carbocycles. The Kier molecular flexibility index (Phi) is 9.70. The van der Waals surface area contributed by atoms with Crippen LogP contribution in [0.3, 0.4) is 0 Å². The lowest BCUT2D eigenvalue weighted by atomic mass is 9.95. The van der Waals surface area contributed by atoms with E-state index in [1.807, 2.05) is 35.7 Å². The largest absolute Gasteiger partial charge is 0.357 e. The number of hydrogen-bond donors (Lipinski definition) is 2. The Labute approximate surface area is 187 Å². The fourth-order valence-corrected chi connectivity index (χ4v) is 5.00. The van der Waals surface area contributed by atoms with Crippen LogP contribution in [0.5, 0.6) is 0 Å². The third-order valence-corrected chi connectivity index (χ3v) is 6.76. The smallest absolute Gasteiger partial charge is 0.191 e. The zero-order valence-electron chi connectivity index (χ0n) is 16.8. The molecule has 3 unspecified atom stereocenters. The Morgan fingerprint density at radius 2 is 2.21 bits per heavy atom. The molecule has 6 nitrogen and oxygen atoms in total. The first-order valence-electron chi connectivity index (χ1n) is 10.0. The van der Waals surface area contributed by atoms with Crippen molar-refractivity contribution in [2.24, 2.45) is 4.99 Å². The lowest BCUT2D eigenvalue weighted by Crippen LogP contribution is -2.46. The van der Waals surface area contributed by atoms with E-state index in [0.717, 1.165) is 61.7 Å². The second kappa shape index (κ2) is 11.7. The van der Waals surface area contributed by atoms with E-state index in [4.69, 9.17) is 4.99 Å². The van der Waals surface area contributed by atoms with Gasteiger partial charge in [-0.05, 0) is 38.3 Å². The van der Waals surface area contributed by atoms with E-state index in [1.54, 1.807) is 0 Å². The van der Waals surface area contributed by atoms with Crippen LogP contribution in [0.4, 0.5) is 0 Å². The minimum Gasteiger partial charge on any atom is -0.357 e. The Balaban J connectivity index is 0.00000280. The molecule has 0 radical (unpaired) electrons. The third kappa shape index (κ3) is 6.43. The number of guanidine groups is 1. The number of halogens is 1. The van der Waals surface area contributed by atoms with Crippen LogP contribution in [-0.2, 0) is 17.2 Å². The lowest BCUT2D eigenvalue weighted by Gasteiger charge is -2.30. The van der Waals surface area contributed by atoms with Crippen LogP contribution in [0.25, 0.3) is 5.65 Å². The van der Waals surface area contributed by atoms with Gasteiger partial charge in [0.1, 0.15) is 5.65 Å². The number of hydrogen-bond acceptors (Lipinski definition) is 3. The fraction of sp³-hybridized carbons (Fsp3) is 0.600. The van der Waals surface area contributed by atoms with Gasteiger partial charge < -0.3 is 15.0 Å². The molecule has 0 aliphatic heterocycles. The molecule has 1 fully saturated rings. The van der Waals surface area contributed by atoms with E-state index < -0.39 is 10.8 Å². The highest BCUT2D eigenvalue weighted by atomic mass is 127. The van der Waals surface area contributed by atoms with E-state index in [1.165, 1.54) is 0 Å². The number of aliphatic imine (C=N–C) groups is 1. The van der Waals surface area contributed by atoms with Crippen LogP contribution in [0, 0.1) is 0 Å². The summed E-state index contributed by atoms with van der Waals surface area (Å²) in [5.74, 6) is 1.61. The Bertz CT molecular complexity index is 761. The number of fused-ring (bicyclic) bond motifs is 1. The summed E-state index contributed by atoms with van der Waals surface area (Å²) in [5.41, 5.74) is 2.02. The molecule has 2 N–H and O–H groups in total. The molecule has 1 aliphatic rings. The predicted molar refractivity (Wildman–Crippen MR) is 128 cm³/mol. The maximum atomic E-state index is 12.2. The van der Waals surface area contributed by atoms with Crippen LogP contribution < -0.4 is 10.6 Å². The molecule has 3 atom stereocenters. The number of imidazole rings is 1. The minimum absolute atomic E-state index is 0. The lowest BCUT2D eigenvalue weighted by molar-refractivity contribution is 0.413. The number of rotatable bonds is 7. The Morgan fingerprint density at radius 1 is 1.36 bits per heavy atom. The van der Waals surface area contributed by atoms with E-state index in [2.05, 4.69) is 28.7 Å². The van der Waals surface area contributed by atoms with Crippen molar-refractivity contribution in [2.75, 3.05) is 18.8 Å². The summed E-state index contributed by atoms with van der Waals surface area (Å²) >= 11 is 0. The molecule has 0 saturated heterocycles. The molecule has 156 valence electrons. The summed E-state index contributed by atoms with van der Waals surface area (Å²) in [5, 5.41) is 7.22. The van der Waals surface area contributed by atoms with Gasteiger partial charge >= 0.3 is 0 Å². The summed E-state index contributed by atoms with van der Waals surface area (Å²) in [7, 11) is -0.702. The standard InChI is InChI=1S/C20H31N5OS.HI/c1-3-21-20(24-16-8-7-9-18(14-16)27(26)4-2)22-12-11-17-15-25-13-6-5-10-19(25)23-17;/h5-6,10,13,15-16,18H,3-4,7-9,11-12,14H2,1-2H3,(H2,21,22,24);1H. The van der Waals surface area contributed by atoms with Crippen molar-refractivity contribution < 1.29 is 4.21 Å². The first-order chi connectivity index (χ1) is 13.2. The molecule has 0 aromatic carbocycles. The van der Waals surface area contributed by atoms with Crippen molar-refractivity contribution in [1.82, 2.24) is 20.0 Å². The van der Waals surface area contributed by atoms with E-state index in [0.29, 0.717) is 17.8 Å². The van der Waals surface area contributed by atoms with Gasteiger partial charge in [0.15, 0.2) is 5.96 Å². The Hall–Kier alpha value is -1.16. The van der Waals surface area contributed by atoms with Gasteiger partial charge in [-0.3, -0.25) is 9.20 Å². The van der Waals surface area contributed by atoms with Crippen LogP contribution in [0.15, 0.2) is 35.6 Å². The zero-order chi connectivity index (χ0) is 19.1. The average Bonchev–Trinajstić information content (AvgIpc) is 3.10. The molecule has 3 rings (SSSR count). The predicted octanol–water partition coefficient (Wildman–Crippen LogP) is 3.13. The molecule has 2 aromatic heterocycles. The van der Waals surface area contributed by atoms with Crippen LogP contribution in [0.1, 0.15) is 45.2 Å². The number of nitrogens with zero attached hydrogens (tertiary/aromatic N) is 3. The SMILES string of the molecule is CCNC(=NCCc1cn2ccccc2n1)NC1CCCC(S(=O)CC)C1.I. The van der Waals surface area contributed by atoms with Crippen LogP contribution >= 0.6 is 24.0 Å². The molecule has 28 heavy (non-hydrogen) atoms. The van der Waals surface area contributed by atoms with Gasteiger partial charge in [0.2, 0.25) is 0 Å². The van der Waals surface area contributed by atoms with Gasteiger partial charge in [0.25, 0.3) is 0 Å². The molecule has 0 amide bonds. The van der Waals surface area contributed by atoms with Gasteiger partial charge in [-0.15, -0.1) is 24.0 Å². The summed E-state index contributed by atoms with van der Waals surface area (Å²) in [6.45, 7) is 5.61. The second-order valence-electron chi connectivity index (χ2n) is 7.01. The van der Waals surface area contributed by atoms with Crippen LogP contribution in [0.2, 0.25) is 0 Å². The maximum Gasteiger partial charge on any atom is 0.191 e. The topological polar surface area (TPSA) is 70.8 Å².